The zero-order valence-corrected chi connectivity index (χ0v) is 11.4. The Morgan fingerprint density at radius 3 is 2.20 bits per heavy atom. The molecule has 1 aromatic carbocycles. The molecule has 1 aromatic rings. The summed E-state index contributed by atoms with van der Waals surface area (Å²) in [7, 11) is 1.71. The number of aliphatic hydroxyl groups excluding tert-OH is 1. The van der Waals surface area contributed by atoms with Crippen LogP contribution in [-0.2, 0) is 10.3 Å². The van der Waals surface area contributed by atoms with Gasteiger partial charge >= 0.3 is 6.18 Å². The third kappa shape index (κ3) is 5.11. The van der Waals surface area contributed by atoms with Crippen molar-refractivity contribution in [3.63, 3.8) is 0 Å². The second-order valence-electron chi connectivity index (χ2n) is 4.58. The van der Waals surface area contributed by atoms with Crippen molar-refractivity contribution in [2.24, 2.45) is 0 Å². The molecule has 2 N–H and O–H groups in total. The van der Waals surface area contributed by atoms with Gasteiger partial charge in [0.05, 0.1) is 25.2 Å². The van der Waals surface area contributed by atoms with Crippen molar-refractivity contribution in [2.75, 3.05) is 26.9 Å². The summed E-state index contributed by atoms with van der Waals surface area (Å²) in [6, 6.07) is 9.29. The maximum Gasteiger partial charge on any atom is 0.391 e. The SMILES string of the molecule is CNC(CO)(CCOCCC(F)(F)F)c1ccccc1. The quantitative estimate of drug-likeness (QED) is 0.723. The molecule has 1 unspecified atom stereocenters. The summed E-state index contributed by atoms with van der Waals surface area (Å²) in [6.45, 7) is -0.369. The highest BCUT2D eigenvalue weighted by Crippen LogP contribution is 2.24. The molecule has 20 heavy (non-hydrogen) atoms. The predicted octanol–water partition coefficient (Wildman–Crippen LogP) is 2.45. The summed E-state index contributed by atoms with van der Waals surface area (Å²) >= 11 is 0. The second-order valence-corrected chi connectivity index (χ2v) is 4.58. The van der Waals surface area contributed by atoms with Gasteiger partial charge in [0.15, 0.2) is 0 Å². The van der Waals surface area contributed by atoms with Crippen LogP contribution in [0.4, 0.5) is 13.2 Å². The van der Waals surface area contributed by atoms with E-state index in [0.717, 1.165) is 5.56 Å². The molecule has 0 aliphatic carbocycles. The van der Waals surface area contributed by atoms with Crippen LogP contribution in [0.3, 0.4) is 0 Å². The molecular weight excluding hydrogens is 271 g/mol. The van der Waals surface area contributed by atoms with Gasteiger partial charge in [-0.3, -0.25) is 0 Å². The molecule has 0 fully saturated rings. The smallest absolute Gasteiger partial charge is 0.391 e. The van der Waals surface area contributed by atoms with Crippen LogP contribution in [0.5, 0.6) is 0 Å². The highest BCUT2D eigenvalue weighted by molar-refractivity contribution is 5.24. The van der Waals surface area contributed by atoms with Crippen LogP contribution in [-0.4, -0.2) is 38.2 Å². The van der Waals surface area contributed by atoms with Crippen LogP contribution < -0.4 is 5.32 Å². The number of nitrogens with one attached hydrogen (secondary N) is 1. The highest BCUT2D eigenvalue weighted by Gasteiger charge is 2.30. The Labute approximate surface area is 116 Å². The van der Waals surface area contributed by atoms with E-state index >= 15 is 0 Å². The van der Waals surface area contributed by atoms with Gasteiger partial charge < -0.3 is 15.2 Å². The zero-order valence-electron chi connectivity index (χ0n) is 11.4. The van der Waals surface area contributed by atoms with Gasteiger partial charge in [-0.05, 0) is 19.0 Å². The van der Waals surface area contributed by atoms with Gasteiger partial charge in [-0.15, -0.1) is 0 Å². The Morgan fingerprint density at radius 1 is 1.10 bits per heavy atom. The average Bonchev–Trinajstić information content (AvgIpc) is 2.43. The lowest BCUT2D eigenvalue weighted by Crippen LogP contribution is -2.44. The van der Waals surface area contributed by atoms with E-state index in [1.54, 1.807) is 7.05 Å². The molecular formula is C14H20F3NO2. The largest absolute Gasteiger partial charge is 0.394 e. The van der Waals surface area contributed by atoms with E-state index in [-0.39, 0.29) is 19.8 Å². The standard InChI is InChI=1S/C14H20F3NO2/c1-18-13(11-19,12-5-3-2-4-6-12)7-9-20-10-8-14(15,16)17/h2-6,18-19H,7-11H2,1H3. The number of halogens is 3. The van der Waals surface area contributed by atoms with Crippen LogP contribution in [0, 0.1) is 0 Å². The number of alkyl halides is 3. The fourth-order valence-electron chi connectivity index (χ4n) is 1.96. The van der Waals surface area contributed by atoms with Gasteiger partial charge in [0.1, 0.15) is 0 Å². The molecule has 0 saturated carbocycles. The zero-order chi connectivity index (χ0) is 15.1. The van der Waals surface area contributed by atoms with Gasteiger partial charge in [0.2, 0.25) is 0 Å². The first kappa shape index (κ1) is 16.9. The maximum atomic E-state index is 12.0. The van der Waals surface area contributed by atoms with Gasteiger partial charge in [-0.2, -0.15) is 13.2 Å². The molecule has 0 amide bonds. The summed E-state index contributed by atoms with van der Waals surface area (Å²) in [5.74, 6) is 0. The first-order valence-corrected chi connectivity index (χ1v) is 6.43. The van der Waals surface area contributed by atoms with Crippen LogP contribution in [0.15, 0.2) is 30.3 Å². The maximum absolute atomic E-state index is 12.0. The van der Waals surface area contributed by atoms with Crippen LogP contribution >= 0.6 is 0 Å². The molecule has 0 radical (unpaired) electrons. The lowest BCUT2D eigenvalue weighted by atomic mass is 9.88. The molecule has 0 aliphatic heterocycles. The van der Waals surface area contributed by atoms with E-state index in [4.69, 9.17) is 4.74 Å². The molecule has 1 rings (SSSR count). The number of hydrogen-bond donors (Lipinski definition) is 2. The van der Waals surface area contributed by atoms with Crippen molar-refractivity contribution < 1.29 is 23.0 Å². The van der Waals surface area contributed by atoms with E-state index in [0.29, 0.717) is 6.42 Å². The van der Waals surface area contributed by atoms with Crippen LogP contribution in [0.1, 0.15) is 18.4 Å². The molecule has 0 aromatic heterocycles. The summed E-state index contributed by atoms with van der Waals surface area (Å²) in [5.41, 5.74) is 0.184. The minimum Gasteiger partial charge on any atom is -0.394 e. The Bertz CT molecular complexity index is 378. The first-order valence-electron chi connectivity index (χ1n) is 6.43. The van der Waals surface area contributed by atoms with Gasteiger partial charge in [-0.1, -0.05) is 30.3 Å². The monoisotopic (exact) mass is 291 g/mol. The molecule has 0 bridgehead atoms. The lowest BCUT2D eigenvalue weighted by Gasteiger charge is -2.32. The van der Waals surface area contributed by atoms with Gasteiger partial charge in [0.25, 0.3) is 0 Å². The van der Waals surface area contributed by atoms with Crippen molar-refractivity contribution in [2.45, 2.75) is 24.6 Å². The third-order valence-corrected chi connectivity index (χ3v) is 3.28. The molecule has 0 heterocycles. The number of hydrogen-bond acceptors (Lipinski definition) is 3. The normalized spacial score (nSPS) is 15.1. The van der Waals surface area contributed by atoms with E-state index in [2.05, 4.69) is 5.32 Å². The van der Waals surface area contributed by atoms with E-state index in [9.17, 15) is 18.3 Å². The molecule has 6 heteroatoms. The number of ether oxygens (including phenoxy) is 1. The van der Waals surface area contributed by atoms with E-state index in [1.807, 2.05) is 30.3 Å². The Kier molecular flexibility index (Phi) is 6.45. The molecule has 0 aliphatic rings. The molecule has 114 valence electrons. The topological polar surface area (TPSA) is 41.5 Å². The van der Waals surface area contributed by atoms with Crippen molar-refractivity contribution in [1.82, 2.24) is 5.32 Å². The number of rotatable bonds is 8. The Balaban J connectivity index is 2.52. The minimum absolute atomic E-state index is 0.145. The number of aliphatic hydroxyl groups is 1. The number of likely N-dealkylation sites (N-methyl/N-ethyl adjacent to an activating group) is 1. The molecule has 1 atom stereocenters. The minimum atomic E-state index is -4.20. The fourth-order valence-corrected chi connectivity index (χ4v) is 1.96. The van der Waals surface area contributed by atoms with Gasteiger partial charge in [0, 0.05) is 6.61 Å². The second kappa shape index (κ2) is 7.61. The summed E-state index contributed by atoms with van der Waals surface area (Å²) in [6.07, 6.45) is -4.76. The van der Waals surface area contributed by atoms with Crippen LogP contribution in [0.2, 0.25) is 0 Å². The summed E-state index contributed by atoms with van der Waals surface area (Å²) in [4.78, 5) is 0. The van der Waals surface area contributed by atoms with Crippen LogP contribution in [0.25, 0.3) is 0 Å². The van der Waals surface area contributed by atoms with Crippen molar-refractivity contribution in [3.8, 4) is 0 Å². The van der Waals surface area contributed by atoms with Crippen molar-refractivity contribution in [3.05, 3.63) is 35.9 Å². The Morgan fingerprint density at radius 2 is 1.70 bits per heavy atom. The van der Waals surface area contributed by atoms with E-state index < -0.39 is 18.1 Å². The predicted molar refractivity (Wildman–Crippen MR) is 70.4 cm³/mol. The average molecular weight is 291 g/mol. The number of benzene rings is 1. The van der Waals surface area contributed by atoms with Crippen molar-refractivity contribution >= 4 is 0 Å². The van der Waals surface area contributed by atoms with Gasteiger partial charge in [-0.25, -0.2) is 0 Å². The fraction of sp³-hybridized carbons (Fsp3) is 0.571. The Hall–Kier alpha value is -1.11. The first-order chi connectivity index (χ1) is 9.43. The third-order valence-electron chi connectivity index (χ3n) is 3.28. The highest BCUT2D eigenvalue weighted by atomic mass is 19.4. The molecule has 0 spiro atoms. The molecule has 3 nitrogen and oxygen atoms in total. The van der Waals surface area contributed by atoms with E-state index in [1.165, 1.54) is 0 Å². The summed E-state index contributed by atoms with van der Waals surface area (Å²) < 4.78 is 41.0. The summed E-state index contributed by atoms with van der Waals surface area (Å²) in [5, 5.41) is 12.7. The lowest BCUT2D eigenvalue weighted by molar-refractivity contribution is -0.145. The van der Waals surface area contributed by atoms with Crippen molar-refractivity contribution in [1.29, 1.82) is 0 Å². The molecule has 0 saturated heterocycles.